The van der Waals surface area contributed by atoms with Gasteiger partial charge in [0.05, 0.1) is 11.3 Å². The largest absolute Gasteiger partial charge is 0.372 e. The Balaban J connectivity index is 0.00000128. The maximum absolute atomic E-state index is 9.80. The van der Waals surface area contributed by atoms with Crippen LogP contribution in [0.3, 0.4) is 0 Å². The van der Waals surface area contributed by atoms with Gasteiger partial charge in [-0.1, -0.05) is 12.1 Å². The monoisotopic (exact) mass is 239 g/mol. The predicted octanol–water partition coefficient (Wildman–Crippen LogP) is 0.708. The molecule has 0 bridgehead atoms. The first-order valence-corrected chi connectivity index (χ1v) is 4.97. The molecule has 1 fully saturated rings. The zero-order chi connectivity index (χ0) is 10.7. The highest BCUT2D eigenvalue weighted by molar-refractivity contribution is 5.85. The molecular weight excluding hydrogens is 226 g/mol. The van der Waals surface area contributed by atoms with Crippen molar-refractivity contribution in [2.24, 2.45) is 0 Å². The maximum Gasteiger partial charge on any atom is 0.139 e. The number of benzene rings is 1. The van der Waals surface area contributed by atoms with Gasteiger partial charge in [-0.25, -0.2) is 0 Å². The number of aliphatic hydroxyl groups is 1. The van der Waals surface area contributed by atoms with E-state index in [1.165, 1.54) is 0 Å². The molecular formula is C11H14ClN3O. The van der Waals surface area contributed by atoms with Crippen LogP contribution in [0.5, 0.6) is 0 Å². The van der Waals surface area contributed by atoms with Crippen LogP contribution in [0.1, 0.15) is 5.56 Å². The predicted molar refractivity (Wildman–Crippen MR) is 64.6 cm³/mol. The summed E-state index contributed by atoms with van der Waals surface area (Å²) in [6, 6.07) is 9.49. The van der Waals surface area contributed by atoms with Gasteiger partial charge < -0.3 is 15.3 Å². The Hall–Kier alpha value is -1.28. The van der Waals surface area contributed by atoms with E-state index < -0.39 is 6.23 Å². The van der Waals surface area contributed by atoms with E-state index >= 15 is 0 Å². The molecule has 16 heavy (non-hydrogen) atoms. The lowest BCUT2D eigenvalue weighted by molar-refractivity contribution is 0.151. The molecule has 1 aromatic rings. The summed E-state index contributed by atoms with van der Waals surface area (Å²) < 4.78 is 0. The first-order chi connectivity index (χ1) is 7.33. The number of hydrogen-bond donors (Lipinski definition) is 2. The summed E-state index contributed by atoms with van der Waals surface area (Å²) in [5, 5.41) is 21.9. The Morgan fingerprint density at radius 2 is 2.19 bits per heavy atom. The van der Waals surface area contributed by atoms with Crippen molar-refractivity contribution in [3.8, 4) is 6.07 Å². The fourth-order valence-electron chi connectivity index (χ4n) is 1.79. The number of rotatable bonds is 1. The van der Waals surface area contributed by atoms with Crippen molar-refractivity contribution in [1.29, 1.82) is 5.26 Å². The molecule has 0 aliphatic carbocycles. The minimum Gasteiger partial charge on any atom is -0.372 e. The third-order valence-corrected chi connectivity index (χ3v) is 2.55. The zero-order valence-electron chi connectivity index (χ0n) is 8.76. The normalized spacial score (nSPS) is 19.8. The number of hydrogen-bond acceptors (Lipinski definition) is 4. The first kappa shape index (κ1) is 12.8. The van der Waals surface area contributed by atoms with Gasteiger partial charge in [-0.3, -0.25) is 0 Å². The topological polar surface area (TPSA) is 59.3 Å². The molecule has 1 atom stereocenters. The number of aliphatic hydroxyl groups excluding tert-OH is 1. The van der Waals surface area contributed by atoms with Gasteiger partial charge in [-0.2, -0.15) is 5.26 Å². The quantitative estimate of drug-likeness (QED) is 0.758. The molecule has 4 nitrogen and oxygen atoms in total. The van der Waals surface area contributed by atoms with Gasteiger partial charge >= 0.3 is 0 Å². The Kier molecular flexibility index (Phi) is 4.56. The number of nitrogens with one attached hydrogen (secondary N) is 1. The van der Waals surface area contributed by atoms with E-state index in [4.69, 9.17) is 5.26 Å². The van der Waals surface area contributed by atoms with Crippen molar-refractivity contribution in [2.75, 3.05) is 24.5 Å². The highest BCUT2D eigenvalue weighted by Gasteiger charge is 2.21. The molecule has 2 N–H and O–H groups in total. The Morgan fingerprint density at radius 1 is 1.44 bits per heavy atom. The molecule has 0 saturated carbocycles. The number of anilines is 1. The van der Waals surface area contributed by atoms with Crippen molar-refractivity contribution >= 4 is 18.1 Å². The van der Waals surface area contributed by atoms with Crippen LogP contribution < -0.4 is 10.2 Å². The Labute approximate surface area is 101 Å². The molecule has 2 rings (SSSR count). The highest BCUT2D eigenvalue weighted by atomic mass is 35.5. The second-order valence-corrected chi connectivity index (χ2v) is 3.51. The number of para-hydroxylation sites is 1. The van der Waals surface area contributed by atoms with E-state index in [0.717, 1.165) is 18.8 Å². The van der Waals surface area contributed by atoms with Crippen LogP contribution in [0.15, 0.2) is 24.3 Å². The summed E-state index contributed by atoms with van der Waals surface area (Å²) >= 11 is 0. The second-order valence-electron chi connectivity index (χ2n) is 3.51. The van der Waals surface area contributed by atoms with Gasteiger partial charge in [0.1, 0.15) is 12.3 Å². The first-order valence-electron chi connectivity index (χ1n) is 4.97. The fraction of sp³-hybridized carbons (Fsp3) is 0.364. The minimum atomic E-state index is -0.548. The average Bonchev–Trinajstić information content (AvgIpc) is 2.30. The van der Waals surface area contributed by atoms with Crippen LogP contribution in [-0.4, -0.2) is 31.0 Å². The molecule has 5 heteroatoms. The van der Waals surface area contributed by atoms with Crippen molar-refractivity contribution in [1.82, 2.24) is 5.32 Å². The molecule has 1 saturated heterocycles. The molecule has 0 spiro atoms. The maximum atomic E-state index is 9.80. The van der Waals surface area contributed by atoms with Crippen molar-refractivity contribution in [2.45, 2.75) is 6.23 Å². The summed E-state index contributed by atoms with van der Waals surface area (Å²) in [6.45, 7) is 2.09. The lowest BCUT2D eigenvalue weighted by atomic mass is 10.1. The van der Waals surface area contributed by atoms with E-state index in [1.54, 1.807) is 6.07 Å². The lowest BCUT2D eigenvalue weighted by Crippen LogP contribution is -2.51. The fourth-order valence-corrected chi connectivity index (χ4v) is 1.79. The van der Waals surface area contributed by atoms with Crippen molar-refractivity contribution in [3.05, 3.63) is 29.8 Å². The molecule has 1 aliphatic heterocycles. The summed E-state index contributed by atoms with van der Waals surface area (Å²) in [7, 11) is 0. The summed E-state index contributed by atoms with van der Waals surface area (Å²) in [4.78, 5) is 1.86. The highest BCUT2D eigenvalue weighted by Crippen LogP contribution is 2.21. The van der Waals surface area contributed by atoms with Crippen LogP contribution >= 0.6 is 12.4 Å². The molecule has 0 aromatic heterocycles. The third-order valence-electron chi connectivity index (χ3n) is 2.55. The van der Waals surface area contributed by atoms with Gasteiger partial charge in [-0.15, -0.1) is 12.4 Å². The molecule has 1 unspecified atom stereocenters. The second kappa shape index (κ2) is 5.71. The Bertz CT molecular complexity index is 391. The standard InChI is InChI=1S/C11H13N3O.ClH/c12-7-9-3-1-2-4-10(9)14-6-5-13-8-11(14)15;/h1-4,11,13,15H,5-6,8H2;1H. The van der Waals surface area contributed by atoms with E-state index in [-0.39, 0.29) is 12.4 Å². The zero-order valence-corrected chi connectivity index (χ0v) is 9.57. The van der Waals surface area contributed by atoms with Gasteiger partial charge in [-0.05, 0) is 12.1 Å². The summed E-state index contributed by atoms with van der Waals surface area (Å²) in [5.41, 5.74) is 1.42. The van der Waals surface area contributed by atoms with Crippen LogP contribution in [0.2, 0.25) is 0 Å². The van der Waals surface area contributed by atoms with Crippen LogP contribution in [-0.2, 0) is 0 Å². The molecule has 86 valence electrons. The number of nitrogens with zero attached hydrogens (tertiary/aromatic N) is 2. The smallest absolute Gasteiger partial charge is 0.139 e. The van der Waals surface area contributed by atoms with E-state index in [1.807, 2.05) is 23.1 Å². The van der Waals surface area contributed by atoms with Crippen molar-refractivity contribution in [3.63, 3.8) is 0 Å². The average molecular weight is 240 g/mol. The van der Waals surface area contributed by atoms with Crippen LogP contribution in [0.4, 0.5) is 5.69 Å². The molecule has 1 heterocycles. The molecule has 0 amide bonds. The number of β-amino-alcohol motifs (C(OH)–C–C–N with tert-alkyl or cyclic N) is 1. The van der Waals surface area contributed by atoms with Gasteiger partial charge in [0.2, 0.25) is 0 Å². The van der Waals surface area contributed by atoms with Gasteiger partial charge in [0.15, 0.2) is 0 Å². The van der Waals surface area contributed by atoms with E-state index in [9.17, 15) is 5.11 Å². The number of halogens is 1. The van der Waals surface area contributed by atoms with E-state index in [0.29, 0.717) is 12.1 Å². The number of nitriles is 1. The van der Waals surface area contributed by atoms with Gasteiger partial charge in [0.25, 0.3) is 0 Å². The third kappa shape index (κ3) is 2.45. The van der Waals surface area contributed by atoms with E-state index in [2.05, 4.69) is 11.4 Å². The summed E-state index contributed by atoms with van der Waals surface area (Å²) in [6.07, 6.45) is -0.548. The van der Waals surface area contributed by atoms with Crippen LogP contribution in [0.25, 0.3) is 0 Å². The SMILES string of the molecule is Cl.N#Cc1ccccc1N1CCNCC1O. The molecule has 1 aliphatic rings. The molecule has 1 aromatic carbocycles. The van der Waals surface area contributed by atoms with Crippen LogP contribution in [0, 0.1) is 11.3 Å². The molecule has 0 radical (unpaired) electrons. The summed E-state index contributed by atoms with van der Waals surface area (Å²) in [5.74, 6) is 0. The Morgan fingerprint density at radius 3 is 2.88 bits per heavy atom. The van der Waals surface area contributed by atoms with Gasteiger partial charge in [0, 0.05) is 19.6 Å². The number of piperazine rings is 1. The lowest BCUT2D eigenvalue weighted by Gasteiger charge is -2.34. The van der Waals surface area contributed by atoms with Crippen molar-refractivity contribution < 1.29 is 5.11 Å². The minimum absolute atomic E-state index is 0.